The number of aromatic nitrogens is 2. The molecule has 0 amide bonds. The van der Waals surface area contributed by atoms with E-state index in [0.717, 1.165) is 37.3 Å². The largest absolute Gasteiger partial charge is 0.390 e. The number of aliphatic hydroxyl groups is 1. The fourth-order valence-electron chi connectivity index (χ4n) is 2.37. The second kappa shape index (κ2) is 4.97. The molecule has 1 unspecified atom stereocenters. The van der Waals surface area contributed by atoms with E-state index in [0.29, 0.717) is 0 Å². The maximum Gasteiger partial charge on any atom is 0.109 e. The lowest BCUT2D eigenvalue weighted by Crippen LogP contribution is -2.18. The van der Waals surface area contributed by atoms with Crippen molar-refractivity contribution in [2.45, 2.75) is 58.2 Å². The fraction of sp³-hybridized carbons (Fsp3) is 0.750. The van der Waals surface area contributed by atoms with Gasteiger partial charge in [0.15, 0.2) is 0 Å². The van der Waals surface area contributed by atoms with Gasteiger partial charge in [0, 0.05) is 24.7 Å². The Morgan fingerprint density at radius 2 is 2.31 bits per heavy atom. The van der Waals surface area contributed by atoms with Crippen LogP contribution in [0.1, 0.15) is 43.4 Å². The molecule has 4 nitrogen and oxygen atoms in total. The normalized spacial score (nSPS) is 17.2. The Balaban J connectivity index is 2.20. The zero-order valence-electron chi connectivity index (χ0n) is 9.95. The van der Waals surface area contributed by atoms with E-state index in [-0.39, 0.29) is 12.6 Å². The molecule has 4 heteroatoms. The molecule has 16 heavy (non-hydrogen) atoms. The summed E-state index contributed by atoms with van der Waals surface area (Å²) in [6.07, 6.45) is 5.37. The molecular formula is C12H21N3O. The lowest BCUT2D eigenvalue weighted by Gasteiger charge is -2.17. The average Bonchev–Trinajstić information content (AvgIpc) is 2.65. The first-order valence-electron chi connectivity index (χ1n) is 6.16. The van der Waals surface area contributed by atoms with E-state index in [1.165, 1.54) is 18.5 Å². The summed E-state index contributed by atoms with van der Waals surface area (Å²) in [5, 5.41) is 9.28. The van der Waals surface area contributed by atoms with E-state index in [4.69, 9.17) is 5.73 Å². The van der Waals surface area contributed by atoms with Gasteiger partial charge in [-0.05, 0) is 32.6 Å². The van der Waals surface area contributed by atoms with Crippen molar-refractivity contribution in [1.29, 1.82) is 0 Å². The summed E-state index contributed by atoms with van der Waals surface area (Å²) in [5.74, 6) is 1.11. The van der Waals surface area contributed by atoms with Gasteiger partial charge in [-0.25, -0.2) is 4.98 Å². The number of hydrogen-bond acceptors (Lipinski definition) is 3. The van der Waals surface area contributed by atoms with Gasteiger partial charge in [0.1, 0.15) is 5.82 Å². The van der Waals surface area contributed by atoms with Gasteiger partial charge in [0.05, 0.1) is 12.3 Å². The lowest BCUT2D eigenvalue weighted by molar-refractivity contribution is 0.275. The summed E-state index contributed by atoms with van der Waals surface area (Å²) in [4.78, 5) is 4.54. The Morgan fingerprint density at radius 1 is 1.50 bits per heavy atom. The van der Waals surface area contributed by atoms with E-state index in [2.05, 4.69) is 9.55 Å². The molecule has 0 saturated heterocycles. The van der Waals surface area contributed by atoms with Crippen molar-refractivity contribution in [3.05, 3.63) is 17.2 Å². The van der Waals surface area contributed by atoms with E-state index < -0.39 is 0 Å². The van der Waals surface area contributed by atoms with Crippen LogP contribution in [0.15, 0.2) is 0 Å². The van der Waals surface area contributed by atoms with Crippen molar-refractivity contribution < 1.29 is 5.11 Å². The first-order valence-corrected chi connectivity index (χ1v) is 6.16. The molecule has 90 valence electrons. The summed E-state index contributed by atoms with van der Waals surface area (Å²) in [6, 6.07) is 0.217. The van der Waals surface area contributed by atoms with Crippen LogP contribution in [0.2, 0.25) is 0 Å². The zero-order chi connectivity index (χ0) is 11.5. The summed E-state index contributed by atoms with van der Waals surface area (Å²) in [7, 11) is 0. The maximum absolute atomic E-state index is 9.28. The highest BCUT2D eigenvalue weighted by Gasteiger charge is 2.19. The van der Waals surface area contributed by atoms with Crippen molar-refractivity contribution in [3.8, 4) is 0 Å². The van der Waals surface area contributed by atoms with E-state index in [1.807, 2.05) is 6.92 Å². The molecule has 1 aliphatic heterocycles. The highest BCUT2D eigenvalue weighted by Crippen LogP contribution is 2.21. The number of nitrogens with zero attached hydrogens (tertiary/aromatic N) is 2. The molecule has 1 aromatic rings. The summed E-state index contributed by atoms with van der Waals surface area (Å²) in [6.45, 7) is 3.14. The smallest absolute Gasteiger partial charge is 0.109 e. The number of hydrogen-bond donors (Lipinski definition) is 2. The molecule has 0 fully saturated rings. The van der Waals surface area contributed by atoms with Crippen molar-refractivity contribution in [2.75, 3.05) is 0 Å². The number of rotatable bonds is 4. The molecule has 2 rings (SSSR count). The Bertz CT molecular complexity index is 357. The molecule has 0 radical (unpaired) electrons. The van der Waals surface area contributed by atoms with Crippen LogP contribution in [-0.2, 0) is 26.0 Å². The van der Waals surface area contributed by atoms with Gasteiger partial charge in [0.25, 0.3) is 0 Å². The summed E-state index contributed by atoms with van der Waals surface area (Å²) >= 11 is 0. The molecule has 3 N–H and O–H groups in total. The first kappa shape index (κ1) is 11.6. The Kier molecular flexibility index (Phi) is 3.61. The fourth-order valence-corrected chi connectivity index (χ4v) is 2.37. The van der Waals surface area contributed by atoms with Gasteiger partial charge >= 0.3 is 0 Å². The molecule has 1 aromatic heterocycles. The van der Waals surface area contributed by atoms with Crippen LogP contribution < -0.4 is 5.73 Å². The van der Waals surface area contributed by atoms with Gasteiger partial charge < -0.3 is 15.4 Å². The highest BCUT2D eigenvalue weighted by molar-refractivity contribution is 5.18. The van der Waals surface area contributed by atoms with Crippen LogP contribution in [0.4, 0.5) is 0 Å². The van der Waals surface area contributed by atoms with Gasteiger partial charge in [-0.1, -0.05) is 0 Å². The molecule has 0 saturated carbocycles. The molecule has 2 heterocycles. The minimum atomic E-state index is 0.0630. The molecule has 0 aliphatic carbocycles. The van der Waals surface area contributed by atoms with Crippen LogP contribution in [0.25, 0.3) is 0 Å². The Morgan fingerprint density at radius 3 is 3.00 bits per heavy atom. The third-order valence-corrected chi connectivity index (χ3v) is 3.25. The van der Waals surface area contributed by atoms with Crippen molar-refractivity contribution in [3.63, 3.8) is 0 Å². The quantitative estimate of drug-likeness (QED) is 0.800. The van der Waals surface area contributed by atoms with Crippen molar-refractivity contribution >= 4 is 0 Å². The van der Waals surface area contributed by atoms with Crippen molar-refractivity contribution in [1.82, 2.24) is 9.55 Å². The topological polar surface area (TPSA) is 64.1 Å². The van der Waals surface area contributed by atoms with Crippen LogP contribution >= 0.6 is 0 Å². The molecule has 0 bridgehead atoms. The van der Waals surface area contributed by atoms with Crippen LogP contribution in [0.3, 0.4) is 0 Å². The minimum absolute atomic E-state index is 0.0630. The van der Waals surface area contributed by atoms with Gasteiger partial charge in [-0.15, -0.1) is 0 Å². The molecule has 1 aliphatic rings. The Hall–Kier alpha value is -0.870. The lowest BCUT2D eigenvalue weighted by atomic mass is 10.1. The SMILES string of the molecule is CC(N)CCc1nc(CO)c2n1CCCC2. The highest BCUT2D eigenvalue weighted by atomic mass is 16.3. The molecule has 0 spiro atoms. The maximum atomic E-state index is 9.28. The third kappa shape index (κ3) is 2.28. The number of fused-ring (bicyclic) bond motifs is 1. The summed E-state index contributed by atoms with van der Waals surface area (Å²) < 4.78 is 2.29. The monoisotopic (exact) mass is 223 g/mol. The summed E-state index contributed by atoms with van der Waals surface area (Å²) in [5.41, 5.74) is 7.89. The number of imidazole rings is 1. The number of nitrogens with two attached hydrogens (primary N) is 1. The van der Waals surface area contributed by atoms with Gasteiger partial charge in [0.2, 0.25) is 0 Å². The Labute approximate surface area is 96.5 Å². The van der Waals surface area contributed by atoms with Gasteiger partial charge in [-0.3, -0.25) is 0 Å². The van der Waals surface area contributed by atoms with E-state index in [9.17, 15) is 5.11 Å². The predicted molar refractivity (Wildman–Crippen MR) is 63.1 cm³/mol. The second-order valence-electron chi connectivity index (χ2n) is 4.70. The van der Waals surface area contributed by atoms with Gasteiger partial charge in [-0.2, -0.15) is 0 Å². The van der Waals surface area contributed by atoms with Crippen molar-refractivity contribution in [2.24, 2.45) is 5.73 Å². The molecular weight excluding hydrogens is 202 g/mol. The number of aryl methyl sites for hydroxylation is 1. The predicted octanol–water partition coefficient (Wildman–Crippen LogP) is 0.991. The second-order valence-corrected chi connectivity index (χ2v) is 4.70. The average molecular weight is 223 g/mol. The zero-order valence-corrected chi connectivity index (χ0v) is 9.95. The molecule has 0 aromatic carbocycles. The standard InChI is InChI=1S/C12H21N3O/c1-9(13)5-6-12-14-10(8-16)11-4-2-3-7-15(11)12/h9,16H,2-8,13H2,1H3. The first-order chi connectivity index (χ1) is 7.72. The van der Waals surface area contributed by atoms with Crippen LogP contribution in [-0.4, -0.2) is 20.7 Å². The van der Waals surface area contributed by atoms with E-state index >= 15 is 0 Å². The van der Waals surface area contributed by atoms with E-state index in [1.54, 1.807) is 0 Å². The van der Waals surface area contributed by atoms with Crippen LogP contribution in [0.5, 0.6) is 0 Å². The third-order valence-electron chi connectivity index (χ3n) is 3.25. The molecule has 1 atom stereocenters. The minimum Gasteiger partial charge on any atom is -0.390 e. The van der Waals surface area contributed by atoms with Crippen LogP contribution in [0, 0.1) is 0 Å². The number of aliphatic hydroxyl groups excluding tert-OH is 1.